The number of hydrogen-bond donors (Lipinski definition) is 2. The van der Waals surface area contributed by atoms with Crippen LogP contribution in [0.3, 0.4) is 0 Å². The summed E-state index contributed by atoms with van der Waals surface area (Å²) in [5.74, 6) is -0.622. The molecule has 0 saturated heterocycles. The molecule has 5 nitrogen and oxygen atoms in total. The van der Waals surface area contributed by atoms with Crippen molar-refractivity contribution in [2.45, 2.75) is 39.5 Å². The van der Waals surface area contributed by atoms with Gasteiger partial charge < -0.3 is 10.4 Å². The number of carboxylic acid groups (broad SMARTS) is 1. The minimum absolute atomic E-state index is 0.0969. The standard InChI is InChI=1S/C16H22N2O3/c1-10-3-8-14(11(2)18-10)15(19)17-9-12-4-6-13(7-5-12)16(20)21/h3,8,12-13H,4-7,9H2,1-2H3,(H,17,19)(H,20,21). The van der Waals surface area contributed by atoms with Crippen LogP contribution < -0.4 is 5.32 Å². The predicted molar refractivity (Wildman–Crippen MR) is 79.1 cm³/mol. The number of rotatable bonds is 4. The first-order valence-corrected chi connectivity index (χ1v) is 7.42. The van der Waals surface area contributed by atoms with Crippen LogP contribution in [0.5, 0.6) is 0 Å². The van der Waals surface area contributed by atoms with Crippen LogP contribution in [0.15, 0.2) is 12.1 Å². The second-order valence-electron chi connectivity index (χ2n) is 5.85. The third kappa shape index (κ3) is 4.03. The summed E-state index contributed by atoms with van der Waals surface area (Å²) in [7, 11) is 0. The molecule has 0 aromatic carbocycles. The molecule has 1 heterocycles. The molecule has 1 aromatic rings. The van der Waals surface area contributed by atoms with Gasteiger partial charge in [-0.25, -0.2) is 0 Å². The number of hydrogen-bond acceptors (Lipinski definition) is 3. The highest BCUT2D eigenvalue weighted by atomic mass is 16.4. The molecule has 0 bridgehead atoms. The first-order valence-electron chi connectivity index (χ1n) is 7.42. The molecule has 1 fully saturated rings. The Bertz CT molecular complexity index is 534. The van der Waals surface area contributed by atoms with E-state index in [4.69, 9.17) is 5.11 Å². The third-order valence-corrected chi connectivity index (χ3v) is 4.22. The molecule has 114 valence electrons. The fourth-order valence-corrected chi connectivity index (χ4v) is 2.87. The van der Waals surface area contributed by atoms with E-state index in [2.05, 4.69) is 10.3 Å². The zero-order valence-electron chi connectivity index (χ0n) is 12.6. The van der Waals surface area contributed by atoms with E-state index >= 15 is 0 Å². The maximum absolute atomic E-state index is 12.1. The summed E-state index contributed by atoms with van der Waals surface area (Å²) in [6, 6.07) is 3.63. The van der Waals surface area contributed by atoms with Crippen LogP contribution in [0.4, 0.5) is 0 Å². The van der Waals surface area contributed by atoms with Crippen LogP contribution in [0.2, 0.25) is 0 Å². The van der Waals surface area contributed by atoms with Crippen molar-refractivity contribution in [1.82, 2.24) is 10.3 Å². The molecule has 1 aliphatic carbocycles. The lowest BCUT2D eigenvalue weighted by molar-refractivity contribution is -0.143. The Morgan fingerprint density at radius 2 is 1.90 bits per heavy atom. The van der Waals surface area contributed by atoms with Gasteiger partial charge in [0.25, 0.3) is 5.91 Å². The van der Waals surface area contributed by atoms with E-state index in [-0.39, 0.29) is 11.8 Å². The summed E-state index contributed by atoms with van der Waals surface area (Å²) >= 11 is 0. The Hall–Kier alpha value is -1.91. The molecule has 1 amide bonds. The molecule has 1 aromatic heterocycles. The number of aliphatic carboxylic acids is 1. The number of carbonyl (C=O) groups is 2. The maximum atomic E-state index is 12.1. The molecule has 0 radical (unpaired) electrons. The smallest absolute Gasteiger partial charge is 0.306 e. The van der Waals surface area contributed by atoms with Gasteiger partial charge in [0.05, 0.1) is 17.2 Å². The van der Waals surface area contributed by atoms with Crippen molar-refractivity contribution < 1.29 is 14.7 Å². The van der Waals surface area contributed by atoms with E-state index < -0.39 is 5.97 Å². The molecule has 0 aliphatic heterocycles. The van der Waals surface area contributed by atoms with Gasteiger partial charge >= 0.3 is 5.97 Å². The zero-order chi connectivity index (χ0) is 15.4. The van der Waals surface area contributed by atoms with Crippen LogP contribution in [-0.4, -0.2) is 28.5 Å². The number of aryl methyl sites for hydroxylation is 2. The topological polar surface area (TPSA) is 79.3 Å². The van der Waals surface area contributed by atoms with E-state index in [0.717, 1.165) is 24.2 Å². The van der Waals surface area contributed by atoms with Crippen molar-refractivity contribution in [2.24, 2.45) is 11.8 Å². The summed E-state index contributed by atoms with van der Waals surface area (Å²) in [6.45, 7) is 4.34. The molecule has 5 heteroatoms. The Morgan fingerprint density at radius 1 is 1.24 bits per heavy atom. The minimum atomic E-state index is -0.696. The summed E-state index contributed by atoms with van der Waals surface area (Å²) < 4.78 is 0. The molecular weight excluding hydrogens is 268 g/mol. The molecule has 0 unspecified atom stereocenters. The molecule has 21 heavy (non-hydrogen) atoms. The predicted octanol–water partition coefficient (Wildman–Crippen LogP) is 2.32. The van der Waals surface area contributed by atoms with E-state index in [0.29, 0.717) is 30.9 Å². The van der Waals surface area contributed by atoms with Gasteiger partial charge in [0.2, 0.25) is 0 Å². The van der Waals surface area contributed by atoms with Crippen molar-refractivity contribution in [1.29, 1.82) is 0 Å². The van der Waals surface area contributed by atoms with Gasteiger partial charge in [0.15, 0.2) is 0 Å². The molecule has 2 rings (SSSR count). The van der Waals surface area contributed by atoms with Gasteiger partial charge in [-0.15, -0.1) is 0 Å². The minimum Gasteiger partial charge on any atom is -0.481 e. The largest absolute Gasteiger partial charge is 0.481 e. The number of pyridine rings is 1. The fourth-order valence-electron chi connectivity index (χ4n) is 2.87. The fraction of sp³-hybridized carbons (Fsp3) is 0.562. The summed E-state index contributed by atoms with van der Waals surface area (Å²) in [5, 5.41) is 11.9. The highest BCUT2D eigenvalue weighted by Gasteiger charge is 2.26. The second kappa shape index (κ2) is 6.70. The molecule has 1 aliphatic rings. The second-order valence-corrected chi connectivity index (χ2v) is 5.85. The highest BCUT2D eigenvalue weighted by Crippen LogP contribution is 2.28. The van der Waals surface area contributed by atoms with Crippen LogP contribution >= 0.6 is 0 Å². The molecule has 2 N–H and O–H groups in total. The first kappa shape index (κ1) is 15.5. The number of carbonyl (C=O) groups excluding carboxylic acids is 1. The van der Waals surface area contributed by atoms with Crippen molar-refractivity contribution >= 4 is 11.9 Å². The van der Waals surface area contributed by atoms with Gasteiger partial charge in [-0.2, -0.15) is 0 Å². The lowest BCUT2D eigenvalue weighted by Crippen LogP contribution is -2.32. The SMILES string of the molecule is Cc1ccc(C(=O)NCC2CCC(C(=O)O)CC2)c(C)n1. The lowest BCUT2D eigenvalue weighted by Gasteiger charge is -2.26. The molecule has 0 spiro atoms. The normalized spacial score (nSPS) is 21.8. The Balaban J connectivity index is 1.83. The number of nitrogens with zero attached hydrogens (tertiary/aromatic N) is 1. The van der Waals surface area contributed by atoms with Gasteiger partial charge in [0, 0.05) is 12.2 Å². The monoisotopic (exact) mass is 290 g/mol. The summed E-state index contributed by atoms with van der Waals surface area (Å²) in [5.41, 5.74) is 2.25. The van der Waals surface area contributed by atoms with Crippen LogP contribution in [0, 0.1) is 25.7 Å². The number of amides is 1. The lowest BCUT2D eigenvalue weighted by atomic mass is 9.82. The average molecular weight is 290 g/mol. The maximum Gasteiger partial charge on any atom is 0.306 e. The molecular formula is C16H22N2O3. The molecule has 1 saturated carbocycles. The van der Waals surface area contributed by atoms with Crippen LogP contribution in [-0.2, 0) is 4.79 Å². The summed E-state index contributed by atoms with van der Waals surface area (Å²) in [4.78, 5) is 27.3. The van der Waals surface area contributed by atoms with Gasteiger partial charge in [-0.3, -0.25) is 14.6 Å². The number of carboxylic acids is 1. The third-order valence-electron chi connectivity index (χ3n) is 4.22. The van der Waals surface area contributed by atoms with Crippen molar-refractivity contribution in [3.8, 4) is 0 Å². The number of aromatic nitrogens is 1. The summed E-state index contributed by atoms with van der Waals surface area (Å²) in [6.07, 6.45) is 3.15. The highest BCUT2D eigenvalue weighted by molar-refractivity contribution is 5.95. The van der Waals surface area contributed by atoms with Gasteiger partial charge in [-0.05, 0) is 57.6 Å². The zero-order valence-corrected chi connectivity index (χ0v) is 12.6. The van der Waals surface area contributed by atoms with Gasteiger partial charge in [0.1, 0.15) is 0 Å². The Labute approximate surface area is 124 Å². The molecule has 0 atom stereocenters. The Morgan fingerprint density at radius 3 is 2.48 bits per heavy atom. The van der Waals surface area contributed by atoms with E-state index in [1.54, 1.807) is 6.07 Å². The van der Waals surface area contributed by atoms with Crippen molar-refractivity contribution in [2.75, 3.05) is 6.54 Å². The average Bonchev–Trinajstić information content (AvgIpc) is 2.45. The van der Waals surface area contributed by atoms with E-state index in [1.807, 2.05) is 19.9 Å². The Kier molecular flexibility index (Phi) is 4.94. The van der Waals surface area contributed by atoms with Gasteiger partial charge in [-0.1, -0.05) is 0 Å². The quantitative estimate of drug-likeness (QED) is 0.892. The van der Waals surface area contributed by atoms with E-state index in [9.17, 15) is 9.59 Å². The first-order chi connectivity index (χ1) is 9.97. The van der Waals surface area contributed by atoms with E-state index in [1.165, 1.54) is 0 Å². The van der Waals surface area contributed by atoms with Crippen LogP contribution in [0.1, 0.15) is 47.4 Å². The van der Waals surface area contributed by atoms with Crippen molar-refractivity contribution in [3.05, 3.63) is 29.1 Å². The number of nitrogens with one attached hydrogen (secondary N) is 1. The van der Waals surface area contributed by atoms with Crippen LogP contribution in [0.25, 0.3) is 0 Å². The van der Waals surface area contributed by atoms with Crippen molar-refractivity contribution in [3.63, 3.8) is 0 Å².